The Labute approximate surface area is 117 Å². The number of nitrogens with one attached hydrogen (secondary N) is 1. The van der Waals surface area contributed by atoms with Crippen molar-refractivity contribution in [3.63, 3.8) is 0 Å². The smallest absolute Gasteiger partial charge is 0.261 e. The minimum absolute atomic E-state index is 0.0846. The summed E-state index contributed by atoms with van der Waals surface area (Å²) in [5.41, 5.74) is 0.254. The number of carbonyl (C=O) groups is 1. The van der Waals surface area contributed by atoms with Crippen molar-refractivity contribution in [1.29, 1.82) is 0 Å². The molecular weight excluding hydrogens is 262 g/mol. The minimum Gasteiger partial charge on any atom is -0.388 e. The van der Waals surface area contributed by atoms with Crippen molar-refractivity contribution in [1.82, 2.24) is 5.32 Å². The molecule has 0 radical (unpaired) electrons. The van der Waals surface area contributed by atoms with E-state index in [0.29, 0.717) is 38.5 Å². The van der Waals surface area contributed by atoms with Crippen molar-refractivity contribution in [2.75, 3.05) is 19.8 Å². The summed E-state index contributed by atoms with van der Waals surface area (Å²) in [7, 11) is 0. The van der Waals surface area contributed by atoms with Gasteiger partial charge in [0.25, 0.3) is 5.91 Å². The molecular formula is C14H21NO3S. The van der Waals surface area contributed by atoms with Crippen LogP contribution in [0.2, 0.25) is 0 Å². The van der Waals surface area contributed by atoms with Crippen molar-refractivity contribution < 1.29 is 14.6 Å². The SMILES string of the molecule is CC(C)c1ccsc1C(=O)NCC1(O)CCOCC1. The van der Waals surface area contributed by atoms with Gasteiger partial charge in [-0.3, -0.25) is 4.79 Å². The van der Waals surface area contributed by atoms with E-state index >= 15 is 0 Å². The number of rotatable bonds is 4. The maximum Gasteiger partial charge on any atom is 0.261 e. The van der Waals surface area contributed by atoms with Crippen LogP contribution in [0, 0.1) is 0 Å². The lowest BCUT2D eigenvalue weighted by Crippen LogP contribution is -2.46. The van der Waals surface area contributed by atoms with Crippen molar-refractivity contribution in [3.05, 3.63) is 21.9 Å². The molecule has 106 valence electrons. The Morgan fingerprint density at radius 3 is 2.84 bits per heavy atom. The highest BCUT2D eigenvalue weighted by molar-refractivity contribution is 7.12. The predicted octanol–water partition coefficient (Wildman–Crippen LogP) is 2.14. The molecule has 1 amide bonds. The molecule has 0 spiro atoms. The van der Waals surface area contributed by atoms with Gasteiger partial charge in [0.05, 0.1) is 10.5 Å². The third kappa shape index (κ3) is 3.55. The maximum atomic E-state index is 12.2. The van der Waals surface area contributed by atoms with Crippen molar-refractivity contribution in [3.8, 4) is 0 Å². The normalized spacial score (nSPS) is 18.5. The van der Waals surface area contributed by atoms with E-state index in [-0.39, 0.29) is 5.91 Å². The van der Waals surface area contributed by atoms with E-state index in [9.17, 15) is 9.90 Å². The van der Waals surface area contributed by atoms with Crippen molar-refractivity contribution in [2.24, 2.45) is 0 Å². The molecule has 1 aliphatic heterocycles. The molecule has 5 heteroatoms. The van der Waals surface area contributed by atoms with Crippen LogP contribution in [0.25, 0.3) is 0 Å². The highest BCUT2D eigenvalue weighted by Crippen LogP contribution is 2.25. The van der Waals surface area contributed by atoms with E-state index in [2.05, 4.69) is 19.2 Å². The largest absolute Gasteiger partial charge is 0.388 e. The van der Waals surface area contributed by atoms with Gasteiger partial charge in [0.2, 0.25) is 0 Å². The summed E-state index contributed by atoms with van der Waals surface area (Å²) in [4.78, 5) is 12.9. The van der Waals surface area contributed by atoms with Crippen LogP contribution < -0.4 is 5.32 Å². The zero-order chi connectivity index (χ0) is 13.9. The monoisotopic (exact) mass is 283 g/mol. The van der Waals surface area contributed by atoms with Crippen LogP contribution in [-0.4, -0.2) is 36.4 Å². The highest BCUT2D eigenvalue weighted by atomic mass is 32.1. The standard InChI is InChI=1S/C14H21NO3S/c1-10(2)11-3-8-19-12(11)13(16)15-9-14(17)4-6-18-7-5-14/h3,8,10,17H,4-7,9H2,1-2H3,(H,15,16). The van der Waals surface area contributed by atoms with Crippen LogP contribution in [0.5, 0.6) is 0 Å². The van der Waals surface area contributed by atoms with E-state index in [1.165, 1.54) is 11.3 Å². The fourth-order valence-corrected chi connectivity index (χ4v) is 3.18. The van der Waals surface area contributed by atoms with Crippen molar-refractivity contribution in [2.45, 2.75) is 38.2 Å². The first-order chi connectivity index (χ1) is 9.02. The lowest BCUT2D eigenvalue weighted by molar-refractivity contribution is -0.0605. The Balaban J connectivity index is 1.95. The fraction of sp³-hybridized carbons (Fsp3) is 0.643. The Morgan fingerprint density at radius 1 is 1.53 bits per heavy atom. The summed E-state index contributed by atoms with van der Waals surface area (Å²) >= 11 is 1.45. The predicted molar refractivity (Wildman–Crippen MR) is 75.7 cm³/mol. The summed E-state index contributed by atoms with van der Waals surface area (Å²) < 4.78 is 5.22. The molecule has 1 aliphatic rings. The molecule has 0 unspecified atom stereocenters. The summed E-state index contributed by atoms with van der Waals surface area (Å²) in [5.74, 6) is 0.247. The number of hydrogen-bond acceptors (Lipinski definition) is 4. The number of hydrogen-bond donors (Lipinski definition) is 2. The second-order valence-electron chi connectivity index (χ2n) is 5.38. The zero-order valence-corrected chi connectivity index (χ0v) is 12.3. The van der Waals surface area contributed by atoms with Gasteiger partial charge < -0.3 is 15.2 Å². The Bertz CT molecular complexity index is 436. The third-order valence-corrected chi connectivity index (χ3v) is 4.45. The number of thiophene rings is 1. The van der Waals surface area contributed by atoms with Crippen LogP contribution in [-0.2, 0) is 4.74 Å². The van der Waals surface area contributed by atoms with Gasteiger partial charge in [-0.2, -0.15) is 0 Å². The van der Waals surface area contributed by atoms with E-state index in [1.54, 1.807) is 0 Å². The maximum absolute atomic E-state index is 12.2. The van der Waals surface area contributed by atoms with Crippen molar-refractivity contribution >= 4 is 17.2 Å². The van der Waals surface area contributed by atoms with E-state index < -0.39 is 5.60 Å². The van der Waals surface area contributed by atoms with Crippen LogP contribution >= 0.6 is 11.3 Å². The topological polar surface area (TPSA) is 58.6 Å². The fourth-order valence-electron chi connectivity index (χ4n) is 2.21. The minimum atomic E-state index is -0.816. The molecule has 0 saturated carbocycles. The number of carbonyl (C=O) groups excluding carboxylic acids is 1. The molecule has 19 heavy (non-hydrogen) atoms. The summed E-state index contributed by atoms with van der Waals surface area (Å²) in [6.45, 7) is 5.56. The van der Waals surface area contributed by atoms with Crippen LogP contribution in [0.3, 0.4) is 0 Å². The molecule has 1 saturated heterocycles. The van der Waals surface area contributed by atoms with Gasteiger partial charge in [-0.1, -0.05) is 13.8 Å². The van der Waals surface area contributed by atoms with Gasteiger partial charge in [-0.05, 0) is 22.9 Å². The van der Waals surface area contributed by atoms with Gasteiger partial charge in [-0.15, -0.1) is 11.3 Å². The quantitative estimate of drug-likeness (QED) is 0.890. The average Bonchev–Trinajstić information content (AvgIpc) is 2.86. The van der Waals surface area contributed by atoms with Gasteiger partial charge in [0.1, 0.15) is 0 Å². The van der Waals surface area contributed by atoms with Crippen LogP contribution in [0.1, 0.15) is 47.8 Å². The first-order valence-electron chi connectivity index (χ1n) is 6.67. The molecule has 1 fully saturated rings. The Kier molecular flexibility index (Phi) is 4.60. The first kappa shape index (κ1) is 14.5. The lowest BCUT2D eigenvalue weighted by atomic mass is 9.94. The Hall–Kier alpha value is -0.910. The molecule has 2 heterocycles. The molecule has 0 aliphatic carbocycles. The summed E-state index contributed by atoms with van der Waals surface area (Å²) in [6.07, 6.45) is 1.16. The lowest BCUT2D eigenvalue weighted by Gasteiger charge is -2.32. The average molecular weight is 283 g/mol. The van der Waals surface area contributed by atoms with Gasteiger partial charge in [0.15, 0.2) is 0 Å². The second kappa shape index (κ2) is 6.03. The van der Waals surface area contributed by atoms with E-state index in [0.717, 1.165) is 10.4 Å². The molecule has 2 rings (SSSR count). The summed E-state index contributed by atoms with van der Waals surface area (Å²) in [6, 6.07) is 1.99. The van der Waals surface area contributed by atoms with Gasteiger partial charge in [0, 0.05) is 32.6 Å². The molecule has 0 aromatic carbocycles. The number of aliphatic hydroxyl groups is 1. The van der Waals surface area contributed by atoms with Gasteiger partial charge >= 0.3 is 0 Å². The molecule has 0 bridgehead atoms. The molecule has 0 atom stereocenters. The van der Waals surface area contributed by atoms with E-state index in [4.69, 9.17) is 4.74 Å². The zero-order valence-electron chi connectivity index (χ0n) is 11.4. The van der Waals surface area contributed by atoms with Crippen LogP contribution in [0.15, 0.2) is 11.4 Å². The molecule has 1 aromatic heterocycles. The van der Waals surface area contributed by atoms with Gasteiger partial charge in [-0.25, -0.2) is 0 Å². The molecule has 1 aromatic rings. The number of ether oxygens (including phenoxy) is 1. The molecule has 2 N–H and O–H groups in total. The first-order valence-corrected chi connectivity index (χ1v) is 7.55. The van der Waals surface area contributed by atoms with E-state index in [1.807, 2.05) is 11.4 Å². The Morgan fingerprint density at radius 2 is 2.21 bits per heavy atom. The molecule has 4 nitrogen and oxygen atoms in total. The number of amides is 1. The third-order valence-electron chi connectivity index (χ3n) is 3.53. The van der Waals surface area contributed by atoms with Crippen LogP contribution in [0.4, 0.5) is 0 Å². The highest BCUT2D eigenvalue weighted by Gasteiger charge is 2.30. The summed E-state index contributed by atoms with van der Waals surface area (Å²) in [5, 5.41) is 15.1. The second-order valence-corrected chi connectivity index (χ2v) is 6.30.